The highest BCUT2D eigenvalue weighted by Crippen LogP contribution is 2.44. The van der Waals surface area contributed by atoms with Crippen molar-refractivity contribution in [2.24, 2.45) is 5.92 Å². The lowest BCUT2D eigenvalue weighted by molar-refractivity contribution is -0.159. The van der Waals surface area contributed by atoms with Gasteiger partial charge < -0.3 is 30.2 Å². The molecule has 3 amide bonds. The molecule has 0 bridgehead atoms. The molecule has 3 N–H and O–H groups in total. The van der Waals surface area contributed by atoms with E-state index >= 15 is 0 Å². The summed E-state index contributed by atoms with van der Waals surface area (Å²) >= 11 is 0. The van der Waals surface area contributed by atoms with Crippen molar-refractivity contribution >= 4 is 40.9 Å². The van der Waals surface area contributed by atoms with Crippen LogP contribution >= 0.6 is 0 Å². The van der Waals surface area contributed by atoms with Gasteiger partial charge in [0, 0.05) is 23.9 Å². The summed E-state index contributed by atoms with van der Waals surface area (Å²) < 4.78 is 18.4. The van der Waals surface area contributed by atoms with Crippen molar-refractivity contribution in [2.75, 3.05) is 6.61 Å². The van der Waals surface area contributed by atoms with Gasteiger partial charge in [0.1, 0.15) is 35.9 Å². The van der Waals surface area contributed by atoms with Crippen LogP contribution in [0.2, 0.25) is 0 Å². The standard InChI is InChI=1S/C44H54N4O8/c1-26(2)22-36(40(51)55-43(4,5)6)46-38(49)27(3)45-39(50)35(23-28-24-48(42(53)56-44(7,8)9)37-21-15-14-16-29(28)37)47-41(52)54-25-34-32-19-12-10-17-30(32)31-18-11-13-20-33(31)34/h10-21,24,26-27,34-36H,22-23,25H2,1-9H3,(H,45,50)(H,46,49)(H,47,52)/t27-,35-,36-/m0/s1. The van der Waals surface area contributed by atoms with E-state index in [0.717, 1.165) is 22.3 Å². The molecule has 56 heavy (non-hydrogen) atoms. The van der Waals surface area contributed by atoms with Crippen molar-refractivity contribution < 1.29 is 38.2 Å². The molecule has 1 aromatic heterocycles. The molecule has 1 heterocycles. The summed E-state index contributed by atoms with van der Waals surface area (Å²) in [6.07, 6.45) is 0.425. The van der Waals surface area contributed by atoms with Crippen LogP contribution in [0, 0.1) is 5.92 Å². The van der Waals surface area contributed by atoms with E-state index in [4.69, 9.17) is 14.2 Å². The number of rotatable bonds is 12. The summed E-state index contributed by atoms with van der Waals surface area (Å²) in [6.45, 7) is 15.9. The van der Waals surface area contributed by atoms with Crippen LogP contribution in [0.4, 0.5) is 9.59 Å². The van der Waals surface area contributed by atoms with Gasteiger partial charge in [-0.05, 0) is 94.7 Å². The number of nitrogens with one attached hydrogen (secondary N) is 3. The molecule has 0 unspecified atom stereocenters. The zero-order chi connectivity index (χ0) is 40.9. The van der Waals surface area contributed by atoms with E-state index in [1.165, 1.54) is 11.5 Å². The molecule has 0 spiro atoms. The van der Waals surface area contributed by atoms with Crippen LogP contribution in [-0.2, 0) is 35.0 Å². The number of benzene rings is 3. The van der Waals surface area contributed by atoms with Gasteiger partial charge in [0.05, 0.1) is 5.52 Å². The second kappa shape index (κ2) is 17.0. The van der Waals surface area contributed by atoms with Crippen LogP contribution in [0.5, 0.6) is 0 Å². The van der Waals surface area contributed by atoms with E-state index in [1.54, 1.807) is 59.9 Å². The Hall–Kier alpha value is -5.65. The summed E-state index contributed by atoms with van der Waals surface area (Å²) in [5, 5.41) is 8.85. The summed E-state index contributed by atoms with van der Waals surface area (Å²) in [5.74, 6) is -2.00. The Balaban J connectivity index is 1.38. The van der Waals surface area contributed by atoms with E-state index < -0.39 is 59.3 Å². The van der Waals surface area contributed by atoms with Crippen molar-refractivity contribution in [2.45, 2.75) is 110 Å². The van der Waals surface area contributed by atoms with Crippen LogP contribution in [-0.4, -0.2) is 70.5 Å². The molecule has 3 aromatic carbocycles. The van der Waals surface area contributed by atoms with E-state index in [9.17, 15) is 24.0 Å². The Morgan fingerprint density at radius 3 is 1.86 bits per heavy atom. The zero-order valence-corrected chi connectivity index (χ0v) is 33.7. The predicted octanol–water partition coefficient (Wildman–Crippen LogP) is 7.25. The smallest absolute Gasteiger partial charge is 0.419 e. The van der Waals surface area contributed by atoms with E-state index in [2.05, 4.69) is 16.0 Å². The lowest BCUT2D eigenvalue weighted by Crippen LogP contribution is -2.55. The minimum Gasteiger partial charge on any atom is -0.458 e. The number of nitrogens with zero attached hydrogens (tertiary/aromatic N) is 1. The summed E-state index contributed by atoms with van der Waals surface area (Å²) in [6, 6.07) is 19.8. The van der Waals surface area contributed by atoms with Crippen molar-refractivity contribution in [1.82, 2.24) is 20.5 Å². The van der Waals surface area contributed by atoms with Gasteiger partial charge in [-0.2, -0.15) is 0 Å². The molecular formula is C44H54N4O8. The molecule has 1 aliphatic carbocycles. The van der Waals surface area contributed by atoms with Crippen LogP contribution in [0.15, 0.2) is 79.0 Å². The number of carbonyl (C=O) groups is 5. The Bertz CT molecular complexity index is 2040. The maximum absolute atomic E-state index is 14.1. The fraction of sp³-hybridized carbons (Fsp3) is 0.432. The number of hydrogen-bond acceptors (Lipinski definition) is 8. The highest BCUT2D eigenvalue weighted by atomic mass is 16.6. The summed E-state index contributed by atoms with van der Waals surface area (Å²) in [7, 11) is 0. The lowest BCUT2D eigenvalue weighted by atomic mass is 9.98. The number of esters is 1. The maximum atomic E-state index is 14.1. The zero-order valence-electron chi connectivity index (χ0n) is 33.7. The summed E-state index contributed by atoms with van der Waals surface area (Å²) in [5.41, 5.74) is 3.83. The Labute approximate surface area is 328 Å². The van der Waals surface area contributed by atoms with Crippen molar-refractivity contribution in [1.29, 1.82) is 0 Å². The third kappa shape index (κ3) is 10.3. The first-order chi connectivity index (χ1) is 26.3. The normalized spacial score (nSPS) is 14.2. The molecule has 0 saturated heterocycles. The molecule has 3 atom stereocenters. The number of carbonyl (C=O) groups excluding carboxylic acids is 5. The van der Waals surface area contributed by atoms with Gasteiger partial charge in [0.25, 0.3) is 0 Å². The molecule has 0 aliphatic heterocycles. The molecule has 12 nitrogen and oxygen atoms in total. The number of aromatic nitrogens is 1. The molecule has 12 heteroatoms. The van der Waals surface area contributed by atoms with Crippen molar-refractivity contribution in [3.63, 3.8) is 0 Å². The van der Waals surface area contributed by atoms with Crippen molar-refractivity contribution in [3.05, 3.63) is 95.7 Å². The van der Waals surface area contributed by atoms with Gasteiger partial charge >= 0.3 is 18.2 Å². The van der Waals surface area contributed by atoms with E-state index in [0.29, 0.717) is 22.9 Å². The first-order valence-electron chi connectivity index (χ1n) is 19.1. The highest BCUT2D eigenvalue weighted by molar-refractivity contribution is 5.95. The largest absolute Gasteiger partial charge is 0.458 e. The topological polar surface area (TPSA) is 154 Å². The molecule has 0 saturated carbocycles. The Morgan fingerprint density at radius 2 is 1.27 bits per heavy atom. The SMILES string of the molecule is CC(C)C[C@H](NC(=O)[C@H](C)NC(=O)[C@H](Cc1cn(C(=O)OC(C)(C)C)c2ccccc12)NC(=O)OCC1c2ccccc2-c2ccccc21)C(=O)OC(C)(C)C. The molecule has 1 aliphatic rings. The number of alkyl carbamates (subject to hydrolysis) is 1. The number of para-hydroxylation sites is 1. The van der Waals surface area contributed by atoms with Gasteiger partial charge in [-0.25, -0.2) is 14.4 Å². The highest BCUT2D eigenvalue weighted by Gasteiger charge is 2.33. The molecule has 4 aromatic rings. The lowest BCUT2D eigenvalue weighted by Gasteiger charge is -2.27. The Kier molecular flexibility index (Phi) is 12.6. The quantitative estimate of drug-likeness (QED) is 0.101. The molecular weight excluding hydrogens is 713 g/mol. The predicted molar refractivity (Wildman–Crippen MR) is 214 cm³/mol. The van der Waals surface area contributed by atoms with Gasteiger partial charge in [0.2, 0.25) is 11.8 Å². The van der Waals surface area contributed by atoms with Crippen LogP contribution < -0.4 is 16.0 Å². The van der Waals surface area contributed by atoms with Gasteiger partial charge in [0.15, 0.2) is 0 Å². The van der Waals surface area contributed by atoms with E-state index in [-0.39, 0.29) is 24.9 Å². The molecule has 298 valence electrons. The number of amides is 3. The minimum absolute atomic E-state index is 0.0207. The molecule has 0 radical (unpaired) electrons. The van der Waals surface area contributed by atoms with Gasteiger partial charge in [-0.15, -0.1) is 0 Å². The minimum atomic E-state index is -1.24. The van der Waals surface area contributed by atoms with E-state index in [1.807, 2.05) is 74.5 Å². The second-order valence-corrected chi connectivity index (χ2v) is 16.7. The first-order valence-corrected chi connectivity index (χ1v) is 19.1. The van der Waals surface area contributed by atoms with Crippen LogP contribution in [0.1, 0.15) is 91.3 Å². The maximum Gasteiger partial charge on any atom is 0.419 e. The van der Waals surface area contributed by atoms with Gasteiger partial charge in [-0.3, -0.25) is 14.2 Å². The average molecular weight is 767 g/mol. The third-order valence-corrected chi connectivity index (χ3v) is 9.23. The number of ether oxygens (including phenoxy) is 3. The first kappa shape index (κ1) is 41.5. The average Bonchev–Trinajstić information content (AvgIpc) is 3.64. The van der Waals surface area contributed by atoms with Crippen molar-refractivity contribution in [3.8, 4) is 11.1 Å². The molecule has 5 rings (SSSR count). The van der Waals surface area contributed by atoms with Gasteiger partial charge in [-0.1, -0.05) is 80.6 Å². The number of hydrogen-bond donors (Lipinski definition) is 3. The Morgan fingerprint density at radius 1 is 0.696 bits per heavy atom. The molecule has 0 fully saturated rings. The number of fused-ring (bicyclic) bond motifs is 4. The fourth-order valence-electron chi connectivity index (χ4n) is 6.82. The van der Waals surface area contributed by atoms with Crippen LogP contribution in [0.3, 0.4) is 0 Å². The fourth-order valence-corrected chi connectivity index (χ4v) is 6.82. The second-order valence-electron chi connectivity index (χ2n) is 16.7. The van der Waals surface area contributed by atoms with Crippen LogP contribution in [0.25, 0.3) is 22.0 Å². The third-order valence-electron chi connectivity index (χ3n) is 9.23. The monoisotopic (exact) mass is 766 g/mol. The summed E-state index contributed by atoms with van der Waals surface area (Å²) in [4.78, 5) is 67.4.